The summed E-state index contributed by atoms with van der Waals surface area (Å²) in [5.74, 6) is -1.20. The fourth-order valence-electron chi connectivity index (χ4n) is 3.50. The summed E-state index contributed by atoms with van der Waals surface area (Å²) in [5.41, 5.74) is 3.30. The van der Waals surface area contributed by atoms with E-state index in [1.54, 1.807) is 31.2 Å². The van der Waals surface area contributed by atoms with Gasteiger partial charge in [-0.25, -0.2) is 9.37 Å². The molecule has 30 heavy (non-hydrogen) atoms. The highest BCUT2D eigenvalue weighted by molar-refractivity contribution is 7.16. The van der Waals surface area contributed by atoms with Gasteiger partial charge in [0.2, 0.25) is 5.91 Å². The van der Waals surface area contributed by atoms with Gasteiger partial charge in [0.15, 0.2) is 5.13 Å². The van der Waals surface area contributed by atoms with E-state index in [1.165, 1.54) is 17.4 Å². The zero-order chi connectivity index (χ0) is 21.3. The lowest BCUT2D eigenvalue weighted by Crippen LogP contribution is -2.24. The van der Waals surface area contributed by atoms with Gasteiger partial charge in [-0.2, -0.15) is 0 Å². The third-order valence-electron chi connectivity index (χ3n) is 5.24. The molecule has 4 rings (SSSR count). The first-order valence-electron chi connectivity index (χ1n) is 9.85. The first kappa shape index (κ1) is 20.2. The van der Waals surface area contributed by atoms with Crippen molar-refractivity contribution in [2.24, 2.45) is 0 Å². The molecule has 0 saturated carbocycles. The summed E-state index contributed by atoms with van der Waals surface area (Å²) >= 11 is 1.41. The number of fused-ring (bicyclic) bond motifs is 1. The molecule has 1 aliphatic rings. The van der Waals surface area contributed by atoms with Crippen LogP contribution >= 0.6 is 11.3 Å². The molecule has 0 saturated heterocycles. The Balaban J connectivity index is 1.50. The van der Waals surface area contributed by atoms with Crippen LogP contribution in [0.5, 0.6) is 0 Å². The number of hydrogen-bond acceptors (Lipinski definition) is 4. The second-order valence-corrected chi connectivity index (χ2v) is 8.63. The minimum absolute atomic E-state index is 0.207. The van der Waals surface area contributed by atoms with Crippen molar-refractivity contribution in [1.82, 2.24) is 4.98 Å². The highest BCUT2D eigenvalue weighted by atomic mass is 32.1. The number of hydrogen-bond donors (Lipinski definition) is 2. The fourth-order valence-corrected chi connectivity index (χ4v) is 4.56. The van der Waals surface area contributed by atoms with Gasteiger partial charge in [-0.15, -0.1) is 11.3 Å². The van der Waals surface area contributed by atoms with Crippen molar-refractivity contribution >= 4 is 34.0 Å². The van der Waals surface area contributed by atoms with E-state index in [0.717, 1.165) is 23.3 Å². The van der Waals surface area contributed by atoms with Crippen LogP contribution in [-0.4, -0.2) is 16.8 Å². The fraction of sp³-hybridized carbons (Fsp3) is 0.261. The van der Waals surface area contributed by atoms with E-state index < -0.39 is 5.92 Å². The number of amides is 2. The molecule has 2 aromatic carbocycles. The molecule has 1 heterocycles. The molecular weight excluding hydrogens is 401 g/mol. The largest absolute Gasteiger partial charge is 0.325 e. The Bertz CT molecular complexity index is 1110. The monoisotopic (exact) mass is 423 g/mol. The summed E-state index contributed by atoms with van der Waals surface area (Å²) in [5, 5.41) is 6.14. The number of halogens is 1. The Morgan fingerprint density at radius 2 is 1.87 bits per heavy atom. The number of anilines is 2. The van der Waals surface area contributed by atoms with Gasteiger partial charge in [-0.3, -0.25) is 14.9 Å². The maximum Gasteiger partial charge on any atom is 0.257 e. The molecular formula is C23H22FN3O2S. The molecule has 1 aromatic heterocycles. The second-order valence-electron chi connectivity index (χ2n) is 7.55. The number of benzene rings is 2. The molecule has 0 spiro atoms. The predicted octanol–water partition coefficient (Wildman–Crippen LogP) is 5.21. The van der Waals surface area contributed by atoms with E-state index in [0.29, 0.717) is 34.1 Å². The molecule has 0 radical (unpaired) electrons. The maximum absolute atomic E-state index is 13.8. The van der Waals surface area contributed by atoms with Gasteiger partial charge in [0.1, 0.15) is 5.82 Å². The van der Waals surface area contributed by atoms with Gasteiger partial charge in [-0.1, -0.05) is 23.8 Å². The summed E-state index contributed by atoms with van der Waals surface area (Å²) in [6, 6.07) is 12.0. The van der Waals surface area contributed by atoms with Crippen LogP contribution in [0.2, 0.25) is 0 Å². The molecule has 2 N–H and O–H groups in total. The lowest BCUT2D eigenvalue weighted by molar-refractivity contribution is -0.117. The van der Waals surface area contributed by atoms with Gasteiger partial charge >= 0.3 is 0 Å². The van der Waals surface area contributed by atoms with E-state index in [4.69, 9.17) is 0 Å². The lowest BCUT2D eigenvalue weighted by atomic mass is 9.90. The number of rotatable bonds is 4. The molecule has 1 aliphatic carbocycles. The zero-order valence-electron chi connectivity index (χ0n) is 16.8. The van der Waals surface area contributed by atoms with Crippen molar-refractivity contribution in [3.63, 3.8) is 0 Å². The smallest absolute Gasteiger partial charge is 0.257 e. The normalized spacial score (nSPS) is 15.4. The third-order valence-corrected chi connectivity index (χ3v) is 6.29. The topological polar surface area (TPSA) is 71.1 Å². The second kappa shape index (κ2) is 8.36. The average Bonchev–Trinajstić information content (AvgIpc) is 3.13. The summed E-state index contributed by atoms with van der Waals surface area (Å²) in [7, 11) is 0. The molecule has 5 nitrogen and oxygen atoms in total. The number of carbonyl (C=O) groups is 2. The number of thiazole rings is 1. The first-order valence-corrected chi connectivity index (χ1v) is 10.7. The molecule has 2 amide bonds. The SMILES string of the molecule is Cc1ccc(C(=O)Nc2nc3c(s2)CCCC3C(=O)Nc2ccc(C)c(F)c2)cc1. The highest BCUT2D eigenvalue weighted by Gasteiger charge is 2.30. The molecule has 1 unspecified atom stereocenters. The summed E-state index contributed by atoms with van der Waals surface area (Å²) < 4.78 is 13.8. The number of nitrogens with zero attached hydrogens (tertiary/aromatic N) is 1. The van der Waals surface area contributed by atoms with Crippen LogP contribution in [0.4, 0.5) is 15.2 Å². The van der Waals surface area contributed by atoms with Crippen LogP contribution in [0.3, 0.4) is 0 Å². The number of nitrogens with one attached hydrogen (secondary N) is 2. The van der Waals surface area contributed by atoms with E-state index in [1.807, 2.05) is 19.1 Å². The average molecular weight is 424 g/mol. The van der Waals surface area contributed by atoms with E-state index in [2.05, 4.69) is 15.6 Å². The van der Waals surface area contributed by atoms with Crippen molar-refractivity contribution in [3.05, 3.63) is 75.5 Å². The molecule has 0 bridgehead atoms. The Morgan fingerprint density at radius 3 is 2.60 bits per heavy atom. The van der Waals surface area contributed by atoms with Crippen LogP contribution < -0.4 is 10.6 Å². The van der Waals surface area contributed by atoms with Crippen molar-refractivity contribution in [2.75, 3.05) is 10.6 Å². The minimum Gasteiger partial charge on any atom is -0.325 e. The van der Waals surface area contributed by atoms with Crippen LogP contribution in [0.25, 0.3) is 0 Å². The van der Waals surface area contributed by atoms with Gasteiger partial charge < -0.3 is 5.32 Å². The van der Waals surface area contributed by atoms with E-state index in [9.17, 15) is 14.0 Å². The molecule has 154 valence electrons. The van der Waals surface area contributed by atoms with Crippen LogP contribution in [0, 0.1) is 19.7 Å². The summed E-state index contributed by atoms with van der Waals surface area (Å²) in [6.45, 7) is 3.64. The predicted molar refractivity (Wildman–Crippen MR) is 117 cm³/mol. The van der Waals surface area contributed by atoms with Crippen LogP contribution in [-0.2, 0) is 11.2 Å². The minimum atomic E-state index is -0.417. The molecule has 7 heteroatoms. The standard InChI is InChI=1S/C23H22FN3O2S/c1-13-6-9-15(10-7-13)21(28)27-23-26-20-17(4-3-5-19(20)30-23)22(29)25-16-11-8-14(2)18(24)12-16/h6-12,17H,3-5H2,1-2H3,(H,25,29)(H,26,27,28). The molecule has 1 atom stereocenters. The van der Waals surface area contributed by atoms with Crippen molar-refractivity contribution in [1.29, 1.82) is 0 Å². The molecule has 3 aromatic rings. The van der Waals surface area contributed by atoms with E-state index >= 15 is 0 Å². The maximum atomic E-state index is 13.8. The van der Waals surface area contributed by atoms with Gasteiger partial charge in [0.25, 0.3) is 5.91 Å². The number of carbonyl (C=O) groups excluding carboxylic acids is 2. The molecule has 0 fully saturated rings. The lowest BCUT2D eigenvalue weighted by Gasteiger charge is -2.20. The molecule has 0 aliphatic heterocycles. The zero-order valence-corrected chi connectivity index (χ0v) is 17.6. The quantitative estimate of drug-likeness (QED) is 0.605. The van der Waals surface area contributed by atoms with Crippen LogP contribution in [0.1, 0.15) is 50.8 Å². The Labute approximate surface area is 178 Å². The Morgan fingerprint density at radius 1 is 1.10 bits per heavy atom. The summed E-state index contributed by atoms with van der Waals surface area (Å²) in [6.07, 6.45) is 2.36. The van der Waals surface area contributed by atoms with Gasteiger partial charge in [0.05, 0.1) is 11.6 Å². The Hall–Kier alpha value is -3.06. The number of aromatic nitrogens is 1. The highest BCUT2D eigenvalue weighted by Crippen LogP contribution is 2.37. The van der Waals surface area contributed by atoms with Crippen molar-refractivity contribution in [3.8, 4) is 0 Å². The van der Waals surface area contributed by atoms with Crippen molar-refractivity contribution < 1.29 is 14.0 Å². The van der Waals surface area contributed by atoms with Crippen molar-refractivity contribution in [2.45, 2.75) is 39.0 Å². The summed E-state index contributed by atoms with van der Waals surface area (Å²) in [4.78, 5) is 30.9. The van der Waals surface area contributed by atoms with Gasteiger partial charge in [-0.05, 0) is 62.9 Å². The van der Waals surface area contributed by atoms with Crippen LogP contribution in [0.15, 0.2) is 42.5 Å². The first-order chi connectivity index (χ1) is 14.4. The van der Waals surface area contributed by atoms with Gasteiger partial charge in [0, 0.05) is 16.1 Å². The number of aryl methyl sites for hydroxylation is 3. The Kier molecular flexibility index (Phi) is 5.63. The van der Waals surface area contributed by atoms with E-state index in [-0.39, 0.29) is 17.6 Å². The third kappa shape index (κ3) is 4.26.